The fourth-order valence-corrected chi connectivity index (χ4v) is 2.12. The molecule has 0 spiro atoms. The van der Waals surface area contributed by atoms with Crippen LogP contribution >= 0.6 is 27.5 Å². The van der Waals surface area contributed by atoms with Crippen LogP contribution in [-0.4, -0.2) is 4.98 Å². The zero-order chi connectivity index (χ0) is 13.6. The molecule has 2 N–H and O–H groups in total. The van der Waals surface area contributed by atoms with Crippen molar-refractivity contribution in [2.45, 2.75) is 0 Å². The monoisotopic (exact) mass is 340 g/mol. The average molecular weight is 342 g/mol. The zero-order valence-corrected chi connectivity index (χ0v) is 11.8. The van der Waals surface area contributed by atoms with Crippen LogP contribution in [0.25, 0.3) is 22.6 Å². The Kier molecular flexibility index (Phi) is 2.95. The molecule has 0 unspecified atom stereocenters. The van der Waals surface area contributed by atoms with Crippen molar-refractivity contribution >= 4 is 44.3 Å². The Bertz CT molecular complexity index is 749. The van der Waals surface area contributed by atoms with E-state index in [2.05, 4.69) is 20.9 Å². The third-order valence-corrected chi connectivity index (χ3v) is 3.64. The zero-order valence-electron chi connectivity index (χ0n) is 9.45. The lowest BCUT2D eigenvalue weighted by Gasteiger charge is -1.97. The number of hydrogen-bond acceptors (Lipinski definition) is 3. The SMILES string of the molecule is Nc1cc2oc(-c3ccc(Br)c(F)c3)nc2cc1Cl. The van der Waals surface area contributed by atoms with E-state index in [4.69, 9.17) is 21.8 Å². The molecule has 2 aromatic carbocycles. The molecular formula is C13H7BrClFN2O. The minimum atomic E-state index is -0.377. The van der Waals surface area contributed by atoms with Gasteiger partial charge in [-0.15, -0.1) is 0 Å². The number of nitrogens with zero attached hydrogens (tertiary/aromatic N) is 1. The second kappa shape index (κ2) is 4.51. The number of fused-ring (bicyclic) bond motifs is 1. The van der Waals surface area contributed by atoms with Crippen LogP contribution in [0.3, 0.4) is 0 Å². The molecule has 0 aliphatic carbocycles. The van der Waals surface area contributed by atoms with E-state index in [0.717, 1.165) is 0 Å². The highest BCUT2D eigenvalue weighted by Crippen LogP contribution is 2.30. The van der Waals surface area contributed by atoms with E-state index < -0.39 is 0 Å². The Labute approximate surface area is 121 Å². The normalized spacial score (nSPS) is 11.1. The minimum absolute atomic E-state index is 0.322. The van der Waals surface area contributed by atoms with Gasteiger partial charge in [0, 0.05) is 11.6 Å². The van der Waals surface area contributed by atoms with Crippen LogP contribution in [0.15, 0.2) is 39.2 Å². The van der Waals surface area contributed by atoms with Crippen molar-refractivity contribution in [3.63, 3.8) is 0 Å². The van der Waals surface area contributed by atoms with Gasteiger partial charge in [-0.3, -0.25) is 0 Å². The molecule has 0 aliphatic heterocycles. The summed E-state index contributed by atoms with van der Waals surface area (Å²) in [5.41, 5.74) is 7.75. The van der Waals surface area contributed by atoms with Crippen molar-refractivity contribution in [1.29, 1.82) is 0 Å². The Morgan fingerprint density at radius 2 is 2.05 bits per heavy atom. The number of hydrogen-bond donors (Lipinski definition) is 1. The molecule has 96 valence electrons. The smallest absolute Gasteiger partial charge is 0.227 e. The summed E-state index contributed by atoms with van der Waals surface area (Å²) in [7, 11) is 0. The highest BCUT2D eigenvalue weighted by Gasteiger charge is 2.12. The maximum Gasteiger partial charge on any atom is 0.227 e. The Hall–Kier alpha value is -1.59. The fraction of sp³-hybridized carbons (Fsp3) is 0. The lowest BCUT2D eigenvalue weighted by molar-refractivity contribution is 0.608. The van der Waals surface area contributed by atoms with E-state index in [1.54, 1.807) is 24.3 Å². The van der Waals surface area contributed by atoms with Crippen LogP contribution in [-0.2, 0) is 0 Å². The average Bonchev–Trinajstić information content (AvgIpc) is 2.76. The predicted molar refractivity (Wildman–Crippen MR) is 76.5 cm³/mol. The van der Waals surface area contributed by atoms with Crippen molar-refractivity contribution in [1.82, 2.24) is 4.98 Å². The molecular weight excluding hydrogens is 335 g/mol. The molecule has 19 heavy (non-hydrogen) atoms. The number of anilines is 1. The second-order valence-electron chi connectivity index (χ2n) is 3.99. The molecule has 0 saturated heterocycles. The lowest BCUT2D eigenvalue weighted by atomic mass is 10.2. The van der Waals surface area contributed by atoms with Crippen molar-refractivity contribution in [3.8, 4) is 11.5 Å². The number of benzene rings is 2. The van der Waals surface area contributed by atoms with E-state index in [1.807, 2.05) is 0 Å². The van der Waals surface area contributed by atoms with Gasteiger partial charge in [0.1, 0.15) is 11.3 Å². The molecule has 0 aliphatic rings. The van der Waals surface area contributed by atoms with E-state index in [-0.39, 0.29) is 5.82 Å². The molecule has 0 saturated carbocycles. The highest BCUT2D eigenvalue weighted by molar-refractivity contribution is 9.10. The van der Waals surface area contributed by atoms with Crippen LogP contribution in [0.5, 0.6) is 0 Å². The number of oxazole rings is 1. The van der Waals surface area contributed by atoms with Crippen molar-refractivity contribution < 1.29 is 8.81 Å². The first-order valence-electron chi connectivity index (χ1n) is 5.35. The Morgan fingerprint density at radius 1 is 1.26 bits per heavy atom. The van der Waals surface area contributed by atoms with E-state index in [0.29, 0.717) is 37.7 Å². The van der Waals surface area contributed by atoms with Gasteiger partial charge in [0.2, 0.25) is 5.89 Å². The van der Waals surface area contributed by atoms with Gasteiger partial charge in [0.15, 0.2) is 5.58 Å². The van der Waals surface area contributed by atoms with Gasteiger partial charge < -0.3 is 10.2 Å². The van der Waals surface area contributed by atoms with E-state index in [9.17, 15) is 4.39 Å². The Morgan fingerprint density at radius 3 is 2.79 bits per heavy atom. The molecule has 0 bridgehead atoms. The van der Waals surface area contributed by atoms with Crippen LogP contribution in [0.1, 0.15) is 0 Å². The summed E-state index contributed by atoms with van der Waals surface area (Å²) in [6, 6.07) is 7.88. The number of aromatic nitrogens is 1. The molecule has 0 atom stereocenters. The van der Waals surface area contributed by atoms with Gasteiger partial charge in [0.05, 0.1) is 15.2 Å². The summed E-state index contributed by atoms with van der Waals surface area (Å²) in [6.07, 6.45) is 0. The maximum absolute atomic E-state index is 13.5. The van der Waals surface area contributed by atoms with Crippen LogP contribution in [0, 0.1) is 5.82 Å². The van der Waals surface area contributed by atoms with E-state index in [1.165, 1.54) is 6.07 Å². The number of rotatable bonds is 1. The van der Waals surface area contributed by atoms with Gasteiger partial charge in [-0.1, -0.05) is 11.6 Å². The first kappa shape index (κ1) is 12.4. The summed E-state index contributed by atoms with van der Waals surface area (Å²) < 4.78 is 19.4. The maximum atomic E-state index is 13.5. The van der Waals surface area contributed by atoms with Gasteiger partial charge in [-0.2, -0.15) is 0 Å². The summed E-state index contributed by atoms with van der Waals surface area (Å²) in [5, 5.41) is 0.411. The topological polar surface area (TPSA) is 52.0 Å². The molecule has 1 aromatic heterocycles. The summed E-state index contributed by atoms with van der Waals surface area (Å²) in [5.74, 6) is -0.0552. The number of nitrogens with two attached hydrogens (primary N) is 1. The molecule has 3 rings (SSSR count). The third-order valence-electron chi connectivity index (χ3n) is 2.67. The summed E-state index contributed by atoms with van der Waals surface area (Å²) in [6.45, 7) is 0. The van der Waals surface area contributed by atoms with Crippen molar-refractivity contribution in [3.05, 3.63) is 45.6 Å². The van der Waals surface area contributed by atoms with Crippen molar-refractivity contribution in [2.75, 3.05) is 5.73 Å². The van der Waals surface area contributed by atoms with Crippen LogP contribution in [0.4, 0.5) is 10.1 Å². The standard InChI is InChI=1S/C13H7BrClFN2O/c14-7-2-1-6(3-9(7)16)13-18-11-4-8(15)10(17)5-12(11)19-13/h1-5H,17H2. The minimum Gasteiger partial charge on any atom is -0.436 e. The van der Waals surface area contributed by atoms with Gasteiger partial charge in [-0.05, 0) is 40.2 Å². The van der Waals surface area contributed by atoms with Crippen LogP contribution < -0.4 is 5.73 Å². The number of halogens is 3. The molecule has 0 amide bonds. The number of nitrogen functional groups attached to an aromatic ring is 1. The van der Waals surface area contributed by atoms with Gasteiger partial charge >= 0.3 is 0 Å². The molecule has 0 fully saturated rings. The molecule has 1 heterocycles. The lowest BCUT2D eigenvalue weighted by Crippen LogP contribution is -1.84. The summed E-state index contributed by atoms with van der Waals surface area (Å²) >= 11 is 9.01. The quantitative estimate of drug-likeness (QED) is 0.656. The fourth-order valence-electron chi connectivity index (χ4n) is 1.72. The van der Waals surface area contributed by atoms with Crippen molar-refractivity contribution in [2.24, 2.45) is 0 Å². The third kappa shape index (κ3) is 2.19. The molecule has 6 heteroatoms. The molecule has 0 radical (unpaired) electrons. The van der Waals surface area contributed by atoms with Gasteiger partial charge in [-0.25, -0.2) is 9.37 Å². The summed E-state index contributed by atoms with van der Waals surface area (Å²) in [4.78, 5) is 4.27. The first-order chi connectivity index (χ1) is 9.04. The predicted octanol–water partition coefficient (Wildman–Crippen LogP) is 4.63. The van der Waals surface area contributed by atoms with Gasteiger partial charge in [0.25, 0.3) is 0 Å². The van der Waals surface area contributed by atoms with E-state index >= 15 is 0 Å². The molecule has 3 aromatic rings. The second-order valence-corrected chi connectivity index (χ2v) is 5.25. The van der Waals surface area contributed by atoms with Crippen LogP contribution in [0.2, 0.25) is 5.02 Å². The first-order valence-corrected chi connectivity index (χ1v) is 6.52. The largest absolute Gasteiger partial charge is 0.436 e. The highest BCUT2D eigenvalue weighted by atomic mass is 79.9. The Balaban J connectivity index is 2.17. The molecule has 3 nitrogen and oxygen atoms in total.